The highest BCUT2D eigenvalue weighted by molar-refractivity contribution is 5.92. The Morgan fingerprint density at radius 1 is 1.11 bits per heavy atom. The molecule has 0 radical (unpaired) electrons. The second kappa shape index (κ2) is 9.38. The van der Waals surface area contributed by atoms with E-state index < -0.39 is 18.0 Å². The molecule has 6 rings (SSSR count). The molecule has 11 nitrogen and oxygen atoms in total. The van der Waals surface area contributed by atoms with Crippen molar-refractivity contribution in [2.24, 2.45) is 5.73 Å². The van der Waals surface area contributed by atoms with Crippen LogP contribution in [0, 0.1) is 5.82 Å². The fourth-order valence-corrected chi connectivity index (χ4v) is 4.75. The first-order chi connectivity index (χ1) is 18.4. The van der Waals surface area contributed by atoms with E-state index in [0.29, 0.717) is 30.4 Å². The van der Waals surface area contributed by atoms with Crippen molar-refractivity contribution in [1.82, 2.24) is 24.6 Å². The lowest BCUT2D eigenvalue weighted by molar-refractivity contribution is -0.118. The third-order valence-corrected chi connectivity index (χ3v) is 6.64. The molecule has 38 heavy (non-hydrogen) atoms. The molecule has 2 aliphatic rings. The fourth-order valence-electron chi connectivity index (χ4n) is 4.75. The lowest BCUT2D eigenvalue weighted by Crippen LogP contribution is -2.36. The molecule has 1 fully saturated rings. The molecule has 12 heteroatoms. The number of amides is 1. The van der Waals surface area contributed by atoms with Crippen molar-refractivity contribution in [2.45, 2.75) is 20.1 Å². The molecule has 3 aromatic heterocycles. The van der Waals surface area contributed by atoms with Crippen LogP contribution in [-0.2, 0) is 14.3 Å². The van der Waals surface area contributed by atoms with Crippen LogP contribution in [0.1, 0.15) is 13.8 Å². The minimum atomic E-state index is -0.658. The van der Waals surface area contributed by atoms with Crippen LogP contribution in [0.5, 0.6) is 0 Å². The summed E-state index contributed by atoms with van der Waals surface area (Å²) in [5.74, 6) is 0.343. The molecule has 2 aliphatic heterocycles. The van der Waals surface area contributed by atoms with Crippen molar-refractivity contribution < 1.29 is 18.7 Å². The van der Waals surface area contributed by atoms with Crippen LogP contribution in [-0.4, -0.2) is 63.0 Å². The van der Waals surface area contributed by atoms with Gasteiger partial charge in [-0.1, -0.05) is 0 Å². The number of carbonyl (C=O) groups excluding carboxylic acids is 1. The first-order valence-corrected chi connectivity index (χ1v) is 12.2. The van der Waals surface area contributed by atoms with Crippen molar-refractivity contribution in [1.29, 1.82) is 0 Å². The summed E-state index contributed by atoms with van der Waals surface area (Å²) in [6.45, 7) is 6.51. The average Bonchev–Trinajstić information content (AvgIpc) is 3.49. The van der Waals surface area contributed by atoms with E-state index in [1.807, 2.05) is 12.1 Å². The van der Waals surface area contributed by atoms with E-state index in [-0.39, 0.29) is 17.1 Å². The van der Waals surface area contributed by atoms with Gasteiger partial charge in [0.2, 0.25) is 5.76 Å². The largest absolute Gasteiger partial charge is 0.463 e. The number of pyridine rings is 1. The van der Waals surface area contributed by atoms with E-state index in [2.05, 4.69) is 25.0 Å². The summed E-state index contributed by atoms with van der Waals surface area (Å²) in [7, 11) is 0. The van der Waals surface area contributed by atoms with Gasteiger partial charge >= 0.3 is 0 Å². The smallest absolute Gasteiger partial charge is 0.285 e. The molecule has 0 aliphatic carbocycles. The van der Waals surface area contributed by atoms with Crippen molar-refractivity contribution >= 4 is 23.2 Å². The van der Waals surface area contributed by atoms with Gasteiger partial charge in [-0.05, 0) is 44.2 Å². The van der Waals surface area contributed by atoms with Crippen molar-refractivity contribution in [3.8, 4) is 22.5 Å². The molecule has 1 saturated heterocycles. The molecule has 5 heterocycles. The molecular weight excluding hydrogens is 491 g/mol. The molecule has 0 spiro atoms. The number of allylic oxidation sites excluding steroid dienone is 1. The van der Waals surface area contributed by atoms with E-state index in [9.17, 15) is 9.18 Å². The van der Waals surface area contributed by atoms with Crippen LogP contribution in [0.3, 0.4) is 0 Å². The Kier molecular flexibility index (Phi) is 5.87. The molecule has 1 aromatic carbocycles. The highest BCUT2D eigenvalue weighted by atomic mass is 19.1. The highest BCUT2D eigenvalue weighted by Crippen LogP contribution is 2.34. The molecule has 2 N–H and O–H groups in total. The van der Waals surface area contributed by atoms with Crippen LogP contribution in [0.4, 0.5) is 15.9 Å². The number of ether oxygens (including phenoxy) is 2. The zero-order chi connectivity index (χ0) is 26.4. The minimum absolute atomic E-state index is 0.0819. The number of hydrogen-bond donors (Lipinski definition) is 1. The monoisotopic (exact) mass is 516 g/mol. The Morgan fingerprint density at radius 2 is 1.89 bits per heavy atom. The number of fused-ring (bicyclic) bond motifs is 1. The second-order valence-electron chi connectivity index (χ2n) is 9.06. The number of nitrogens with zero attached hydrogens (tertiary/aromatic N) is 7. The summed E-state index contributed by atoms with van der Waals surface area (Å²) in [6.07, 6.45) is 4.78. The standard InChI is InChI=1S/C26H25FN8O3/c1-15-23(24(28)36)38-16(2)35(15)19-4-5-21(27)20(11-19)25-31-26-30-13-18(14-34(26)32-25)17-3-6-22(29-12-17)33-7-9-37-10-8-33/h3-6,11-14,16H,7-10H2,1-2H3,(H2,28,36). The molecule has 1 unspecified atom stereocenters. The van der Waals surface area contributed by atoms with Crippen LogP contribution in [0.25, 0.3) is 28.3 Å². The van der Waals surface area contributed by atoms with Gasteiger partial charge in [-0.3, -0.25) is 4.79 Å². The maximum Gasteiger partial charge on any atom is 0.285 e. The zero-order valence-electron chi connectivity index (χ0n) is 20.8. The second-order valence-corrected chi connectivity index (χ2v) is 9.06. The number of anilines is 2. The SMILES string of the molecule is CC1=C(C(N)=O)OC(C)N1c1ccc(F)c(-c2nc3ncc(-c4ccc(N5CCOCC5)nc4)cn3n2)c1. The number of hydrogen-bond acceptors (Lipinski definition) is 9. The lowest BCUT2D eigenvalue weighted by atomic mass is 10.1. The molecule has 1 amide bonds. The topological polar surface area (TPSA) is 124 Å². The average molecular weight is 517 g/mol. The summed E-state index contributed by atoms with van der Waals surface area (Å²) < 4.78 is 27.5. The summed E-state index contributed by atoms with van der Waals surface area (Å²) in [4.78, 5) is 29.1. The van der Waals surface area contributed by atoms with Gasteiger partial charge < -0.3 is 25.0 Å². The van der Waals surface area contributed by atoms with E-state index in [1.165, 1.54) is 10.6 Å². The minimum Gasteiger partial charge on any atom is -0.463 e. The quantitative estimate of drug-likeness (QED) is 0.426. The Labute approximate surface area is 217 Å². The number of aromatic nitrogens is 5. The first kappa shape index (κ1) is 23.8. The summed E-state index contributed by atoms with van der Waals surface area (Å²) >= 11 is 0. The number of morpholine rings is 1. The molecular formula is C26H25FN8O3. The number of halogens is 1. The van der Waals surface area contributed by atoms with Gasteiger partial charge in [0.05, 0.1) is 24.5 Å². The van der Waals surface area contributed by atoms with Gasteiger partial charge in [0.25, 0.3) is 11.7 Å². The first-order valence-electron chi connectivity index (χ1n) is 12.2. The van der Waals surface area contributed by atoms with Crippen LogP contribution >= 0.6 is 0 Å². The van der Waals surface area contributed by atoms with Crippen molar-refractivity contribution in [3.05, 3.63) is 66.2 Å². The van der Waals surface area contributed by atoms with Gasteiger partial charge in [0, 0.05) is 48.5 Å². The molecule has 4 aromatic rings. The van der Waals surface area contributed by atoms with Gasteiger partial charge in [-0.15, -0.1) is 5.10 Å². The van der Waals surface area contributed by atoms with Gasteiger partial charge in [0.15, 0.2) is 12.1 Å². The van der Waals surface area contributed by atoms with E-state index >= 15 is 0 Å². The fraction of sp³-hybridized carbons (Fsp3) is 0.269. The Balaban J connectivity index is 1.31. The van der Waals surface area contributed by atoms with Crippen molar-refractivity contribution in [3.63, 3.8) is 0 Å². The van der Waals surface area contributed by atoms with Crippen LogP contribution < -0.4 is 15.5 Å². The third-order valence-electron chi connectivity index (χ3n) is 6.64. The maximum absolute atomic E-state index is 14.9. The summed E-state index contributed by atoms with van der Waals surface area (Å²) in [5, 5.41) is 4.49. The van der Waals surface area contributed by atoms with Gasteiger partial charge in [-0.2, -0.15) is 4.98 Å². The summed E-state index contributed by atoms with van der Waals surface area (Å²) in [6, 6.07) is 8.51. The molecule has 194 valence electrons. The number of benzene rings is 1. The highest BCUT2D eigenvalue weighted by Gasteiger charge is 2.32. The molecule has 0 saturated carbocycles. The normalized spacial score (nSPS) is 17.8. The maximum atomic E-state index is 14.9. The number of nitrogens with two attached hydrogens (primary N) is 1. The molecule has 1 atom stereocenters. The lowest BCUT2D eigenvalue weighted by Gasteiger charge is -2.27. The Hall–Kier alpha value is -4.58. The van der Waals surface area contributed by atoms with E-state index in [1.54, 1.807) is 49.5 Å². The van der Waals surface area contributed by atoms with Gasteiger partial charge in [-0.25, -0.2) is 18.9 Å². The summed E-state index contributed by atoms with van der Waals surface area (Å²) in [5.41, 5.74) is 8.45. The van der Waals surface area contributed by atoms with Crippen LogP contribution in [0.2, 0.25) is 0 Å². The Bertz CT molecular complexity index is 1560. The predicted molar refractivity (Wildman–Crippen MR) is 137 cm³/mol. The van der Waals surface area contributed by atoms with E-state index in [4.69, 9.17) is 15.2 Å². The zero-order valence-corrected chi connectivity index (χ0v) is 20.8. The number of rotatable bonds is 5. The predicted octanol–water partition coefficient (Wildman–Crippen LogP) is 2.73. The number of carbonyl (C=O) groups is 1. The van der Waals surface area contributed by atoms with Crippen LogP contribution in [0.15, 0.2) is 60.4 Å². The third kappa shape index (κ3) is 4.18. The number of primary amides is 1. The van der Waals surface area contributed by atoms with E-state index in [0.717, 1.165) is 30.0 Å². The molecule has 0 bridgehead atoms. The van der Waals surface area contributed by atoms with Crippen molar-refractivity contribution in [2.75, 3.05) is 36.1 Å². The Morgan fingerprint density at radius 3 is 2.61 bits per heavy atom. The van der Waals surface area contributed by atoms with Gasteiger partial charge in [0.1, 0.15) is 11.6 Å².